The van der Waals surface area contributed by atoms with Crippen LogP contribution in [0, 0.1) is 23.7 Å². The van der Waals surface area contributed by atoms with E-state index in [1.54, 1.807) is 24.3 Å². The van der Waals surface area contributed by atoms with Crippen molar-refractivity contribution in [3.05, 3.63) is 35.4 Å². The summed E-state index contributed by atoms with van der Waals surface area (Å²) in [6.45, 7) is 5.17. The Morgan fingerprint density at radius 2 is 1.11 bits per heavy atom. The topological polar surface area (TPSA) is 127 Å². The molecule has 8 nitrogen and oxygen atoms in total. The lowest BCUT2D eigenvalue weighted by Gasteiger charge is -2.42. The van der Waals surface area contributed by atoms with Gasteiger partial charge in [0, 0.05) is 0 Å². The minimum absolute atomic E-state index is 0.0982. The van der Waals surface area contributed by atoms with E-state index in [9.17, 15) is 24.3 Å². The second-order valence-corrected chi connectivity index (χ2v) is 12.4. The third kappa shape index (κ3) is 13.0. The number of rotatable bonds is 18. The molecular weight excluding hydrogens is 560 g/mol. The number of carbonyl (C=O) groups is 4. The molecule has 0 bridgehead atoms. The van der Waals surface area contributed by atoms with Crippen molar-refractivity contribution in [1.29, 1.82) is 0 Å². The monoisotopic (exact) mass is 616 g/mol. The molecule has 0 radical (unpaired) electrons. The predicted octanol–water partition coefficient (Wildman–Crippen LogP) is 8.71. The third-order valence-electron chi connectivity index (χ3n) is 9.14. The molecule has 4 unspecified atom stereocenters. The van der Waals surface area contributed by atoms with Crippen LogP contribution < -0.4 is 0 Å². The number of esters is 2. The molecule has 2 N–H and O–H groups in total. The minimum atomic E-state index is -0.934. The highest BCUT2D eigenvalue weighted by Crippen LogP contribution is 2.46. The van der Waals surface area contributed by atoms with Crippen molar-refractivity contribution >= 4 is 23.9 Å². The number of benzene rings is 1. The SMILES string of the molecule is CCCCCCCCOC(=O)c1ccccc1C(=O)OCCCCCCCC.O=C(O)C1CCC2CCCCC2C1C(=O)O. The fourth-order valence-electron chi connectivity index (χ4n) is 6.66. The molecule has 2 saturated carbocycles. The summed E-state index contributed by atoms with van der Waals surface area (Å²) in [6.07, 6.45) is 19.3. The Hall–Kier alpha value is -2.90. The zero-order chi connectivity index (χ0) is 32.2. The number of carbonyl (C=O) groups excluding carboxylic acids is 2. The van der Waals surface area contributed by atoms with Crippen LogP contribution in [0.1, 0.15) is 150 Å². The summed E-state index contributed by atoms with van der Waals surface area (Å²) in [6, 6.07) is 6.74. The molecule has 2 aliphatic rings. The van der Waals surface area contributed by atoms with E-state index < -0.39 is 35.7 Å². The number of ether oxygens (including phenoxy) is 2. The van der Waals surface area contributed by atoms with Gasteiger partial charge >= 0.3 is 23.9 Å². The number of hydrogen-bond donors (Lipinski definition) is 2. The quantitative estimate of drug-likeness (QED) is 0.124. The zero-order valence-corrected chi connectivity index (χ0v) is 27.1. The first-order valence-corrected chi connectivity index (χ1v) is 17.2. The number of hydrogen-bond acceptors (Lipinski definition) is 6. The largest absolute Gasteiger partial charge is 0.481 e. The van der Waals surface area contributed by atoms with E-state index >= 15 is 0 Å². The van der Waals surface area contributed by atoms with E-state index in [0.717, 1.165) is 51.4 Å². The maximum absolute atomic E-state index is 12.4. The highest BCUT2D eigenvalue weighted by Gasteiger charge is 2.46. The number of fused-ring (bicyclic) bond motifs is 1. The molecule has 4 atom stereocenters. The summed E-state index contributed by atoms with van der Waals surface area (Å²) in [5.74, 6) is -3.51. The highest BCUT2D eigenvalue weighted by molar-refractivity contribution is 6.03. The Bertz CT molecular complexity index is 957. The van der Waals surface area contributed by atoms with Crippen molar-refractivity contribution in [2.24, 2.45) is 23.7 Å². The fraction of sp³-hybridized carbons (Fsp3) is 0.722. The van der Waals surface area contributed by atoms with Crippen LogP contribution in [0.5, 0.6) is 0 Å². The van der Waals surface area contributed by atoms with E-state index in [4.69, 9.17) is 14.6 Å². The van der Waals surface area contributed by atoms with E-state index in [2.05, 4.69) is 13.8 Å². The molecule has 0 aliphatic heterocycles. The third-order valence-corrected chi connectivity index (χ3v) is 9.14. The summed E-state index contributed by atoms with van der Waals surface area (Å²) in [7, 11) is 0. The summed E-state index contributed by atoms with van der Waals surface area (Å²) in [4.78, 5) is 47.0. The average Bonchev–Trinajstić information content (AvgIpc) is 3.03. The van der Waals surface area contributed by atoms with Gasteiger partial charge in [0.2, 0.25) is 0 Å². The van der Waals surface area contributed by atoms with Gasteiger partial charge in [-0.15, -0.1) is 0 Å². The average molecular weight is 617 g/mol. The maximum atomic E-state index is 12.4. The Morgan fingerprint density at radius 1 is 0.636 bits per heavy atom. The highest BCUT2D eigenvalue weighted by atomic mass is 16.5. The van der Waals surface area contributed by atoms with Gasteiger partial charge in [-0.3, -0.25) is 9.59 Å². The van der Waals surface area contributed by atoms with Crippen LogP contribution >= 0.6 is 0 Å². The van der Waals surface area contributed by atoms with Gasteiger partial charge in [-0.2, -0.15) is 0 Å². The number of carboxylic acids is 2. The lowest BCUT2D eigenvalue weighted by atomic mass is 9.61. The maximum Gasteiger partial charge on any atom is 0.339 e. The molecule has 1 aromatic carbocycles. The van der Waals surface area contributed by atoms with Crippen molar-refractivity contribution in [3.63, 3.8) is 0 Å². The Kier molecular flexibility index (Phi) is 18.4. The molecule has 3 rings (SSSR count). The summed E-state index contributed by atoms with van der Waals surface area (Å²) in [5, 5.41) is 18.3. The van der Waals surface area contributed by atoms with Crippen LogP contribution in [0.3, 0.4) is 0 Å². The van der Waals surface area contributed by atoms with Gasteiger partial charge in [-0.25, -0.2) is 9.59 Å². The first-order chi connectivity index (χ1) is 21.3. The first-order valence-electron chi connectivity index (χ1n) is 17.2. The van der Waals surface area contributed by atoms with Gasteiger partial charge in [-0.1, -0.05) is 109 Å². The molecule has 2 fully saturated rings. The van der Waals surface area contributed by atoms with Crippen LogP contribution in [0.15, 0.2) is 24.3 Å². The molecule has 1 aromatic rings. The van der Waals surface area contributed by atoms with Gasteiger partial charge in [0.25, 0.3) is 0 Å². The van der Waals surface area contributed by atoms with Crippen LogP contribution in [0.25, 0.3) is 0 Å². The lowest BCUT2D eigenvalue weighted by Crippen LogP contribution is -2.43. The molecule has 0 aromatic heterocycles. The van der Waals surface area contributed by atoms with Gasteiger partial charge in [0.1, 0.15) is 0 Å². The van der Waals surface area contributed by atoms with Crippen molar-refractivity contribution in [2.75, 3.05) is 13.2 Å². The number of aliphatic carboxylic acids is 2. The normalized spacial score (nSPS) is 20.9. The number of carboxylic acid groups (broad SMARTS) is 2. The van der Waals surface area contributed by atoms with Crippen molar-refractivity contribution in [3.8, 4) is 0 Å². The Labute approximate surface area is 264 Å². The van der Waals surface area contributed by atoms with Crippen LogP contribution in [0.2, 0.25) is 0 Å². The van der Waals surface area contributed by atoms with Crippen molar-refractivity contribution < 1.29 is 38.9 Å². The van der Waals surface area contributed by atoms with Gasteiger partial charge in [0.05, 0.1) is 36.2 Å². The van der Waals surface area contributed by atoms with Gasteiger partial charge in [0.15, 0.2) is 0 Å². The minimum Gasteiger partial charge on any atom is -0.481 e. The Balaban J connectivity index is 0.000000354. The molecule has 248 valence electrons. The van der Waals surface area contributed by atoms with Gasteiger partial charge in [-0.05, 0) is 56.1 Å². The smallest absolute Gasteiger partial charge is 0.339 e. The molecule has 0 spiro atoms. The fourth-order valence-corrected chi connectivity index (χ4v) is 6.66. The summed E-state index contributed by atoms with van der Waals surface area (Å²) in [5.41, 5.74) is 0.586. The second kappa shape index (κ2) is 21.7. The summed E-state index contributed by atoms with van der Waals surface area (Å²) >= 11 is 0. The second-order valence-electron chi connectivity index (χ2n) is 12.4. The molecule has 8 heteroatoms. The molecule has 0 amide bonds. The zero-order valence-electron chi connectivity index (χ0n) is 27.1. The molecule has 44 heavy (non-hydrogen) atoms. The molecule has 0 saturated heterocycles. The summed E-state index contributed by atoms with van der Waals surface area (Å²) < 4.78 is 10.7. The standard InChI is InChI=1S/C24H38O4.C12H18O4/c1-3-5-7-9-11-15-19-27-23(25)21-17-13-14-18-22(21)24(26)28-20-16-12-10-8-6-4-2;13-11(14)9-6-5-7-3-1-2-4-8(7)10(9)12(15)16/h13-14,17-18H,3-12,15-16,19-20H2,1-2H3;7-10H,1-6H2,(H,13,14)(H,15,16). The number of unbranched alkanes of at least 4 members (excludes halogenated alkanes) is 10. The molecule has 0 heterocycles. The van der Waals surface area contributed by atoms with Crippen molar-refractivity contribution in [2.45, 2.75) is 129 Å². The first kappa shape index (κ1) is 37.3. The molecule has 2 aliphatic carbocycles. The molecular formula is C36H56O8. The Morgan fingerprint density at radius 3 is 1.59 bits per heavy atom. The van der Waals surface area contributed by atoms with Crippen molar-refractivity contribution in [1.82, 2.24) is 0 Å². The van der Waals surface area contributed by atoms with E-state index in [-0.39, 0.29) is 5.92 Å². The van der Waals surface area contributed by atoms with Crippen LogP contribution in [0.4, 0.5) is 0 Å². The van der Waals surface area contributed by atoms with Crippen LogP contribution in [-0.2, 0) is 19.1 Å². The van der Waals surface area contributed by atoms with E-state index in [1.807, 2.05) is 0 Å². The van der Waals surface area contributed by atoms with E-state index in [0.29, 0.717) is 36.7 Å². The van der Waals surface area contributed by atoms with Gasteiger partial charge < -0.3 is 19.7 Å². The van der Waals surface area contributed by atoms with Crippen LogP contribution in [-0.4, -0.2) is 47.3 Å². The lowest BCUT2D eigenvalue weighted by molar-refractivity contribution is -0.161. The predicted molar refractivity (Wildman–Crippen MR) is 171 cm³/mol. The van der Waals surface area contributed by atoms with E-state index in [1.165, 1.54) is 57.8 Å².